The molecule has 4 nitrogen and oxygen atoms in total. The highest BCUT2D eigenvalue weighted by Gasteiger charge is 2.32. The SMILES string of the molecule is O=c1/c(=C/c2ccc(-c3cccc(Br)c3)o2)sc2n1[C@H](c1ccccc1)C1=C(N=2)c2ccccc2CC1. The minimum atomic E-state index is -0.170. The molecule has 0 saturated carbocycles. The van der Waals surface area contributed by atoms with Gasteiger partial charge in [0, 0.05) is 21.7 Å². The molecule has 37 heavy (non-hydrogen) atoms. The first-order valence-electron chi connectivity index (χ1n) is 12.2. The molecule has 3 aromatic carbocycles. The van der Waals surface area contributed by atoms with Crippen LogP contribution in [-0.2, 0) is 6.42 Å². The number of allylic oxidation sites excluding steroid dienone is 1. The van der Waals surface area contributed by atoms with E-state index in [4.69, 9.17) is 9.41 Å². The van der Waals surface area contributed by atoms with Gasteiger partial charge in [-0.15, -0.1) is 0 Å². The van der Waals surface area contributed by atoms with Crippen molar-refractivity contribution in [3.8, 4) is 11.3 Å². The van der Waals surface area contributed by atoms with Gasteiger partial charge < -0.3 is 4.42 Å². The van der Waals surface area contributed by atoms with Gasteiger partial charge in [-0.2, -0.15) is 0 Å². The van der Waals surface area contributed by atoms with Crippen LogP contribution >= 0.6 is 27.3 Å². The molecule has 1 aliphatic heterocycles. The predicted octanol–water partition coefficient (Wildman–Crippen LogP) is 6.34. The first-order valence-corrected chi connectivity index (χ1v) is 13.8. The maximum Gasteiger partial charge on any atom is 0.271 e. The van der Waals surface area contributed by atoms with Crippen LogP contribution < -0.4 is 14.9 Å². The first kappa shape index (κ1) is 22.5. The van der Waals surface area contributed by atoms with Crippen LogP contribution in [0.15, 0.2) is 115 Å². The highest BCUT2D eigenvalue weighted by molar-refractivity contribution is 9.10. The van der Waals surface area contributed by atoms with E-state index in [1.165, 1.54) is 28.0 Å². The minimum absolute atomic E-state index is 0.0385. The number of halogens is 1. The Morgan fingerprint density at radius 2 is 1.78 bits per heavy atom. The van der Waals surface area contributed by atoms with Crippen LogP contribution in [0.1, 0.15) is 34.9 Å². The van der Waals surface area contributed by atoms with Crippen LogP contribution in [0.3, 0.4) is 0 Å². The molecule has 180 valence electrons. The quantitative estimate of drug-likeness (QED) is 0.256. The monoisotopic (exact) mass is 564 g/mol. The highest BCUT2D eigenvalue weighted by atomic mass is 79.9. The van der Waals surface area contributed by atoms with Gasteiger partial charge in [0.05, 0.1) is 16.3 Å². The predicted molar refractivity (Wildman–Crippen MR) is 151 cm³/mol. The number of aryl methyl sites for hydroxylation is 1. The standard InChI is InChI=1S/C31H21BrN2O2S/c32-22-11-6-10-21(17-22)26-16-14-23(36-26)18-27-30(35)34-29(20-8-2-1-3-9-20)25-15-13-19-7-4-5-12-24(19)28(25)33-31(34)37-27/h1-12,14,16-18,29H,13,15H2/b27-18-/t29-/m1/s1. The number of hydrogen-bond acceptors (Lipinski definition) is 4. The van der Waals surface area contributed by atoms with Gasteiger partial charge >= 0.3 is 0 Å². The second-order valence-corrected chi connectivity index (χ2v) is 11.2. The smallest absolute Gasteiger partial charge is 0.271 e. The summed E-state index contributed by atoms with van der Waals surface area (Å²) in [5, 5.41) is 0. The number of nitrogens with zero attached hydrogens (tertiary/aromatic N) is 2. The van der Waals surface area contributed by atoms with Crippen molar-refractivity contribution in [2.45, 2.75) is 18.9 Å². The van der Waals surface area contributed by atoms with Crippen molar-refractivity contribution in [3.05, 3.63) is 143 Å². The molecule has 1 aliphatic carbocycles. The van der Waals surface area contributed by atoms with Crippen molar-refractivity contribution in [2.24, 2.45) is 4.99 Å². The number of fused-ring (bicyclic) bond motifs is 3. The normalized spacial score (nSPS) is 16.7. The molecule has 0 bridgehead atoms. The van der Waals surface area contributed by atoms with E-state index in [0.717, 1.165) is 44.7 Å². The van der Waals surface area contributed by atoms with Crippen molar-refractivity contribution in [1.29, 1.82) is 0 Å². The molecular weight excluding hydrogens is 544 g/mol. The van der Waals surface area contributed by atoms with Crippen LogP contribution in [0, 0.1) is 0 Å². The minimum Gasteiger partial charge on any atom is -0.457 e. The summed E-state index contributed by atoms with van der Waals surface area (Å²) in [6.45, 7) is 0. The molecule has 2 aromatic heterocycles. The molecular formula is C31H21BrN2O2S. The lowest BCUT2D eigenvalue weighted by molar-refractivity contribution is 0.570. The Bertz CT molecular complexity index is 1880. The summed E-state index contributed by atoms with van der Waals surface area (Å²) in [5.41, 5.74) is 6.75. The number of aromatic nitrogens is 1. The van der Waals surface area contributed by atoms with Crippen molar-refractivity contribution in [3.63, 3.8) is 0 Å². The van der Waals surface area contributed by atoms with E-state index in [1.807, 2.05) is 65.2 Å². The lowest BCUT2D eigenvalue weighted by atomic mass is 9.83. The van der Waals surface area contributed by atoms with E-state index < -0.39 is 0 Å². The van der Waals surface area contributed by atoms with Crippen LogP contribution in [0.4, 0.5) is 0 Å². The molecule has 0 N–H and O–H groups in total. The van der Waals surface area contributed by atoms with Gasteiger partial charge in [-0.1, -0.05) is 94.0 Å². The molecule has 5 aromatic rings. The molecule has 6 heteroatoms. The molecule has 0 unspecified atom stereocenters. The third-order valence-corrected chi connectivity index (χ3v) is 8.47. The summed E-state index contributed by atoms with van der Waals surface area (Å²) in [6.07, 6.45) is 3.67. The lowest BCUT2D eigenvalue weighted by Crippen LogP contribution is -2.38. The molecule has 0 spiro atoms. The second-order valence-electron chi connectivity index (χ2n) is 9.24. The van der Waals surface area contributed by atoms with Crippen molar-refractivity contribution in [2.75, 3.05) is 0 Å². The summed E-state index contributed by atoms with van der Waals surface area (Å²) in [4.78, 5) is 19.7. The molecule has 0 fully saturated rings. The van der Waals surface area contributed by atoms with Crippen LogP contribution in [0.5, 0.6) is 0 Å². The molecule has 0 saturated heterocycles. The maximum absolute atomic E-state index is 13.9. The van der Waals surface area contributed by atoms with Crippen LogP contribution in [-0.4, -0.2) is 4.57 Å². The maximum atomic E-state index is 13.9. The largest absolute Gasteiger partial charge is 0.457 e. The fourth-order valence-corrected chi connectivity index (χ4v) is 6.69. The third kappa shape index (κ3) is 3.88. The average Bonchev–Trinajstić information content (AvgIpc) is 3.52. The lowest BCUT2D eigenvalue weighted by Gasteiger charge is -2.30. The number of thiazole rings is 1. The van der Waals surface area contributed by atoms with Gasteiger partial charge in [0.1, 0.15) is 11.5 Å². The van der Waals surface area contributed by atoms with Crippen molar-refractivity contribution < 1.29 is 4.42 Å². The third-order valence-electron chi connectivity index (χ3n) is 7.00. The highest BCUT2D eigenvalue weighted by Crippen LogP contribution is 2.41. The van der Waals surface area contributed by atoms with E-state index >= 15 is 0 Å². The Morgan fingerprint density at radius 1 is 0.946 bits per heavy atom. The Labute approximate surface area is 225 Å². The summed E-state index contributed by atoms with van der Waals surface area (Å²) in [6, 6.07) is 30.4. The Hall–Kier alpha value is -3.74. The van der Waals surface area contributed by atoms with E-state index in [-0.39, 0.29) is 11.6 Å². The van der Waals surface area contributed by atoms with Crippen molar-refractivity contribution >= 4 is 39.0 Å². The number of rotatable bonds is 3. The van der Waals surface area contributed by atoms with Crippen molar-refractivity contribution in [1.82, 2.24) is 4.57 Å². The van der Waals surface area contributed by atoms with Gasteiger partial charge in [0.25, 0.3) is 5.56 Å². The van der Waals surface area contributed by atoms with Gasteiger partial charge in [-0.05, 0) is 53.8 Å². The fraction of sp³-hybridized carbons (Fsp3) is 0.0968. The number of hydrogen-bond donors (Lipinski definition) is 0. The summed E-state index contributed by atoms with van der Waals surface area (Å²) >= 11 is 4.94. The van der Waals surface area contributed by atoms with E-state index in [9.17, 15) is 4.79 Å². The summed E-state index contributed by atoms with van der Waals surface area (Å²) < 4.78 is 9.58. The van der Waals surface area contributed by atoms with E-state index in [2.05, 4.69) is 52.3 Å². The molecule has 1 atom stereocenters. The van der Waals surface area contributed by atoms with Crippen LogP contribution in [0.2, 0.25) is 0 Å². The average molecular weight is 565 g/mol. The Morgan fingerprint density at radius 3 is 2.65 bits per heavy atom. The van der Waals surface area contributed by atoms with Gasteiger partial charge in [-0.3, -0.25) is 9.36 Å². The second kappa shape index (κ2) is 8.98. The number of benzene rings is 3. The van der Waals surface area contributed by atoms with Gasteiger partial charge in [0.2, 0.25) is 0 Å². The summed E-state index contributed by atoms with van der Waals surface area (Å²) in [5.74, 6) is 1.40. The first-order chi connectivity index (χ1) is 18.2. The molecule has 3 heterocycles. The Kier molecular flexibility index (Phi) is 5.45. The van der Waals surface area contributed by atoms with Crippen LogP contribution in [0.25, 0.3) is 23.1 Å². The van der Waals surface area contributed by atoms with Gasteiger partial charge in [0.15, 0.2) is 4.80 Å². The molecule has 2 aliphatic rings. The zero-order valence-corrected chi connectivity index (χ0v) is 22.1. The van der Waals surface area contributed by atoms with Gasteiger partial charge in [-0.25, -0.2) is 4.99 Å². The Balaban J connectivity index is 1.40. The van der Waals surface area contributed by atoms with E-state index in [1.54, 1.807) is 0 Å². The number of furan rings is 1. The summed E-state index contributed by atoms with van der Waals surface area (Å²) in [7, 11) is 0. The molecule has 7 rings (SSSR count). The zero-order valence-electron chi connectivity index (χ0n) is 19.7. The molecule has 0 radical (unpaired) electrons. The fourth-order valence-electron chi connectivity index (χ4n) is 5.31. The zero-order chi connectivity index (χ0) is 24.9. The topological polar surface area (TPSA) is 47.5 Å². The van der Waals surface area contributed by atoms with E-state index in [0.29, 0.717) is 10.3 Å². The molecule has 0 amide bonds.